The van der Waals surface area contributed by atoms with Crippen molar-refractivity contribution in [3.63, 3.8) is 0 Å². The number of hydrogen-bond acceptors (Lipinski definition) is 6. The lowest BCUT2D eigenvalue weighted by Crippen LogP contribution is -2.38. The summed E-state index contributed by atoms with van der Waals surface area (Å²) in [5.41, 5.74) is 2.23. The van der Waals surface area contributed by atoms with Crippen molar-refractivity contribution in [2.45, 2.75) is 38.0 Å². The maximum absolute atomic E-state index is 13.6. The summed E-state index contributed by atoms with van der Waals surface area (Å²) >= 11 is 0. The smallest absolute Gasteiger partial charge is 0.264 e. The van der Waals surface area contributed by atoms with Crippen LogP contribution in [0, 0.1) is 36.5 Å². The number of hydrogen-bond donors (Lipinski definition) is 0. The number of carbonyl (C=O) groups is 1. The highest BCUT2D eigenvalue weighted by molar-refractivity contribution is 7.92. The third-order valence-electron chi connectivity index (χ3n) is 5.30. The number of ether oxygens (including phenoxy) is 1. The molecule has 174 valence electrons. The van der Waals surface area contributed by atoms with E-state index in [2.05, 4.69) is 0 Å². The second kappa shape index (κ2) is 11.9. The van der Waals surface area contributed by atoms with E-state index in [9.17, 15) is 13.2 Å². The van der Waals surface area contributed by atoms with Crippen LogP contribution < -0.4 is 9.04 Å². The van der Waals surface area contributed by atoms with Gasteiger partial charge in [-0.15, -0.1) is 0 Å². The molecule has 0 atom stereocenters. The summed E-state index contributed by atoms with van der Waals surface area (Å²) in [5.74, 6) is 0.270. The molecule has 2 aromatic rings. The average molecular weight is 469 g/mol. The first-order valence-electron chi connectivity index (χ1n) is 10.5. The molecular weight excluding hydrogens is 440 g/mol. The molecule has 0 radical (unpaired) electrons. The van der Waals surface area contributed by atoms with Crippen LogP contribution in [0.15, 0.2) is 47.4 Å². The lowest BCUT2D eigenvalue weighted by Gasteiger charge is -2.27. The van der Waals surface area contributed by atoms with Gasteiger partial charge in [-0.3, -0.25) is 9.10 Å². The summed E-state index contributed by atoms with van der Waals surface area (Å²) < 4.78 is 33.5. The maximum Gasteiger partial charge on any atom is 0.264 e. The van der Waals surface area contributed by atoms with Gasteiger partial charge < -0.3 is 9.64 Å². The molecular formula is C24H28N4O4S. The fourth-order valence-electron chi connectivity index (χ4n) is 3.22. The molecule has 0 heterocycles. The summed E-state index contributed by atoms with van der Waals surface area (Å²) in [5, 5.41) is 17.7. The van der Waals surface area contributed by atoms with E-state index in [1.54, 1.807) is 42.5 Å². The van der Waals surface area contributed by atoms with Crippen molar-refractivity contribution in [2.24, 2.45) is 0 Å². The number of benzene rings is 2. The van der Waals surface area contributed by atoms with Crippen LogP contribution in [0.1, 0.15) is 30.4 Å². The standard InChI is InChI=1S/C24H28N4O4S/c1-19-6-11-23(18-20(19)2)33(30,31)28(21-7-9-22(32-3)10-8-21)17-12-24(29)27(15-4-13-25)16-5-14-26/h6-11,18H,4-5,12,15-17H2,1-3H3. The van der Waals surface area contributed by atoms with Gasteiger partial charge in [0.15, 0.2) is 0 Å². The second-order valence-electron chi connectivity index (χ2n) is 7.47. The highest BCUT2D eigenvalue weighted by atomic mass is 32.2. The van der Waals surface area contributed by atoms with Crippen LogP contribution in [0.25, 0.3) is 0 Å². The highest BCUT2D eigenvalue weighted by Crippen LogP contribution is 2.27. The van der Waals surface area contributed by atoms with Crippen molar-refractivity contribution in [2.75, 3.05) is 31.0 Å². The maximum atomic E-state index is 13.6. The molecule has 33 heavy (non-hydrogen) atoms. The molecule has 2 rings (SSSR count). The summed E-state index contributed by atoms with van der Waals surface area (Å²) in [6.07, 6.45) is 0.188. The zero-order chi connectivity index (χ0) is 24.4. The summed E-state index contributed by atoms with van der Waals surface area (Å²) in [7, 11) is -2.43. The predicted molar refractivity (Wildman–Crippen MR) is 125 cm³/mol. The van der Waals surface area contributed by atoms with Gasteiger partial charge in [-0.1, -0.05) is 6.07 Å². The third kappa shape index (κ3) is 6.71. The first kappa shape index (κ1) is 25.7. The Labute approximate surface area is 195 Å². The Morgan fingerprint density at radius 2 is 1.55 bits per heavy atom. The molecule has 0 aliphatic heterocycles. The minimum Gasteiger partial charge on any atom is -0.497 e. The summed E-state index contributed by atoms with van der Waals surface area (Å²) in [6.45, 7) is 4.06. The first-order valence-corrected chi connectivity index (χ1v) is 11.9. The molecule has 0 saturated heterocycles. The Kier molecular flexibility index (Phi) is 9.26. The van der Waals surface area contributed by atoms with Crippen LogP contribution in [0.5, 0.6) is 5.75 Å². The molecule has 0 aliphatic rings. The molecule has 1 amide bonds. The molecule has 0 bridgehead atoms. The molecule has 0 saturated carbocycles. The number of nitriles is 2. The number of nitrogens with zero attached hydrogens (tertiary/aromatic N) is 4. The normalized spacial score (nSPS) is 10.7. The van der Waals surface area contributed by atoms with Gasteiger partial charge in [-0.25, -0.2) is 8.42 Å². The Hall–Kier alpha value is -3.56. The van der Waals surface area contributed by atoms with E-state index in [-0.39, 0.29) is 49.7 Å². The number of amides is 1. The van der Waals surface area contributed by atoms with Crippen molar-refractivity contribution < 1.29 is 17.9 Å². The van der Waals surface area contributed by atoms with E-state index >= 15 is 0 Å². The Bertz CT molecular complexity index is 1130. The lowest BCUT2D eigenvalue weighted by molar-refractivity contribution is -0.130. The first-order chi connectivity index (χ1) is 15.7. The van der Waals surface area contributed by atoms with Gasteiger partial charge in [-0.05, 0) is 61.4 Å². The fraction of sp³-hybridized carbons (Fsp3) is 0.375. The van der Waals surface area contributed by atoms with Gasteiger partial charge in [0.25, 0.3) is 10.0 Å². The Morgan fingerprint density at radius 3 is 2.06 bits per heavy atom. The number of aryl methyl sites for hydroxylation is 2. The number of anilines is 1. The van der Waals surface area contributed by atoms with Gasteiger partial charge in [0, 0.05) is 26.1 Å². The molecule has 2 aromatic carbocycles. The highest BCUT2D eigenvalue weighted by Gasteiger charge is 2.27. The van der Waals surface area contributed by atoms with Crippen LogP contribution in [-0.4, -0.2) is 46.0 Å². The summed E-state index contributed by atoms with van der Waals surface area (Å²) in [4.78, 5) is 14.4. The summed E-state index contributed by atoms with van der Waals surface area (Å²) in [6, 6.07) is 15.5. The molecule has 0 fully saturated rings. The largest absolute Gasteiger partial charge is 0.497 e. The van der Waals surface area contributed by atoms with Crippen molar-refractivity contribution >= 4 is 21.6 Å². The van der Waals surface area contributed by atoms with Crippen LogP contribution in [0.2, 0.25) is 0 Å². The average Bonchev–Trinajstić information content (AvgIpc) is 2.81. The number of methoxy groups -OCH3 is 1. The molecule has 0 spiro atoms. The van der Waals surface area contributed by atoms with Gasteiger partial charge in [0.05, 0.1) is 42.7 Å². The van der Waals surface area contributed by atoms with Crippen molar-refractivity contribution in [3.8, 4) is 17.9 Å². The Balaban J connectivity index is 2.36. The van der Waals surface area contributed by atoms with E-state index < -0.39 is 10.0 Å². The van der Waals surface area contributed by atoms with Crippen molar-refractivity contribution in [1.82, 2.24) is 4.90 Å². The van der Waals surface area contributed by atoms with Gasteiger partial charge >= 0.3 is 0 Å². The number of rotatable bonds is 11. The van der Waals surface area contributed by atoms with E-state index in [1.807, 2.05) is 26.0 Å². The fourth-order valence-corrected chi connectivity index (χ4v) is 4.78. The molecule has 0 unspecified atom stereocenters. The van der Waals surface area contributed by atoms with Crippen LogP contribution in [0.4, 0.5) is 5.69 Å². The predicted octanol–water partition coefficient (Wildman–Crippen LogP) is 3.55. The zero-order valence-corrected chi connectivity index (χ0v) is 19.9. The van der Waals surface area contributed by atoms with Crippen LogP contribution in [-0.2, 0) is 14.8 Å². The van der Waals surface area contributed by atoms with E-state index in [0.717, 1.165) is 11.1 Å². The van der Waals surface area contributed by atoms with Crippen LogP contribution >= 0.6 is 0 Å². The quantitative estimate of drug-likeness (QED) is 0.498. The molecule has 8 nitrogen and oxygen atoms in total. The van der Waals surface area contributed by atoms with E-state index in [1.165, 1.54) is 16.3 Å². The van der Waals surface area contributed by atoms with E-state index in [4.69, 9.17) is 15.3 Å². The minimum absolute atomic E-state index is 0.0873. The minimum atomic E-state index is -3.95. The Morgan fingerprint density at radius 1 is 0.939 bits per heavy atom. The molecule has 0 N–H and O–H groups in total. The van der Waals surface area contributed by atoms with Crippen LogP contribution in [0.3, 0.4) is 0 Å². The van der Waals surface area contributed by atoms with Gasteiger partial charge in [-0.2, -0.15) is 10.5 Å². The molecule has 0 aliphatic carbocycles. The SMILES string of the molecule is COc1ccc(N(CCC(=O)N(CCC#N)CCC#N)S(=O)(=O)c2ccc(C)c(C)c2)cc1. The van der Waals surface area contributed by atoms with E-state index in [0.29, 0.717) is 11.4 Å². The zero-order valence-electron chi connectivity index (χ0n) is 19.1. The number of carbonyl (C=O) groups excluding carboxylic acids is 1. The topological polar surface area (TPSA) is 114 Å². The molecule has 0 aromatic heterocycles. The second-order valence-corrected chi connectivity index (χ2v) is 9.33. The lowest BCUT2D eigenvalue weighted by atomic mass is 10.1. The van der Waals surface area contributed by atoms with Crippen molar-refractivity contribution in [3.05, 3.63) is 53.6 Å². The monoisotopic (exact) mass is 468 g/mol. The van der Waals surface area contributed by atoms with Crippen molar-refractivity contribution in [1.29, 1.82) is 10.5 Å². The van der Waals surface area contributed by atoms with Gasteiger partial charge in [0.2, 0.25) is 5.91 Å². The molecule has 9 heteroatoms. The van der Waals surface area contributed by atoms with Gasteiger partial charge in [0.1, 0.15) is 5.75 Å². The number of sulfonamides is 1. The third-order valence-corrected chi connectivity index (χ3v) is 7.12.